The first-order chi connectivity index (χ1) is 15.4. The van der Waals surface area contributed by atoms with Crippen molar-refractivity contribution in [1.29, 1.82) is 0 Å². The molecule has 9 heteroatoms. The molecule has 3 aromatic heterocycles. The van der Waals surface area contributed by atoms with Gasteiger partial charge in [0.1, 0.15) is 11.9 Å². The van der Waals surface area contributed by atoms with E-state index in [0.29, 0.717) is 30.9 Å². The van der Waals surface area contributed by atoms with Gasteiger partial charge in [-0.1, -0.05) is 30.3 Å². The van der Waals surface area contributed by atoms with E-state index >= 15 is 0 Å². The van der Waals surface area contributed by atoms with Crippen LogP contribution in [0.2, 0.25) is 0 Å². The first-order valence-electron chi connectivity index (χ1n) is 10.6. The Hall–Kier alpha value is -3.59. The van der Waals surface area contributed by atoms with Crippen LogP contribution in [0, 0.1) is 13.8 Å². The van der Waals surface area contributed by atoms with Crippen molar-refractivity contribution < 1.29 is 8.79 Å². The van der Waals surface area contributed by atoms with Crippen LogP contribution in [-0.2, 0) is 6.54 Å². The molecule has 5 rings (SSSR count). The van der Waals surface area contributed by atoms with Crippen LogP contribution in [-0.4, -0.2) is 38.5 Å². The van der Waals surface area contributed by atoms with Crippen LogP contribution in [0.15, 0.2) is 47.3 Å². The van der Waals surface area contributed by atoms with E-state index < -0.39 is 6.17 Å². The maximum absolute atomic E-state index is 13.6. The first-order valence-corrected chi connectivity index (χ1v) is 10.6. The molecule has 8 nitrogen and oxygen atoms in total. The molecule has 2 atom stereocenters. The zero-order chi connectivity index (χ0) is 22.4. The molecular formula is C23H25FN7O+. The van der Waals surface area contributed by atoms with E-state index in [1.807, 2.05) is 56.3 Å². The average Bonchev–Trinajstić information content (AvgIpc) is 3.31. The Labute approximate surface area is 183 Å². The highest BCUT2D eigenvalue weighted by Gasteiger charge is 2.29. The van der Waals surface area contributed by atoms with Crippen LogP contribution in [0.5, 0.6) is 0 Å². The molecule has 0 spiro atoms. The number of hydrogen-bond acceptors (Lipinski definition) is 5. The summed E-state index contributed by atoms with van der Waals surface area (Å²) in [6.45, 7) is 4.48. The van der Waals surface area contributed by atoms with Crippen LogP contribution < -0.4 is 21.1 Å². The van der Waals surface area contributed by atoms with Gasteiger partial charge in [0.05, 0.1) is 12.1 Å². The van der Waals surface area contributed by atoms with Gasteiger partial charge < -0.3 is 11.1 Å². The number of anilines is 1. The minimum atomic E-state index is -0.900. The fraction of sp³-hybridized carbons (Fsp3) is 0.304. The summed E-state index contributed by atoms with van der Waals surface area (Å²) in [7, 11) is 0. The van der Waals surface area contributed by atoms with Crippen molar-refractivity contribution in [3.63, 3.8) is 0 Å². The fourth-order valence-electron chi connectivity index (χ4n) is 4.47. The maximum atomic E-state index is 13.6. The molecule has 0 unspecified atom stereocenters. The third kappa shape index (κ3) is 3.54. The number of halogens is 1. The van der Waals surface area contributed by atoms with Crippen molar-refractivity contribution in [3.05, 3.63) is 64.3 Å². The van der Waals surface area contributed by atoms with E-state index in [9.17, 15) is 9.18 Å². The molecule has 4 N–H and O–H groups in total. The highest BCUT2D eigenvalue weighted by molar-refractivity contribution is 5.88. The molecule has 0 aliphatic carbocycles. The fourth-order valence-corrected chi connectivity index (χ4v) is 4.47. The van der Waals surface area contributed by atoms with Gasteiger partial charge >= 0.3 is 11.6 Å². The molecule has 0 amide bonds. The molecule has 164 valence electrons. The van der Waals surface area contributed by atoms with E-state index in [0.717, 1.165) is 28.1 Å². The van der Waals surface area contributed by atoms with Crippen molar-refractivity contribution in [1.82, 2.24) is 25.1 Å². The number of H-pyrrole nitrogens is 1. The number of nitrogen functional groups attached to an aromatic ring is 1. The third-order valence-electron chi connectivity index (χ3n) is 5.80. The van der Waals surface area contributed by atoms with Gasteiger partial charge in [0.2, 0.25) is 5.65 Å². The van der Waals surface area contributed by atoms with Gasteiger partial charge in [-0.05, 0) is 38.0 Å². The molecule has 1 aliphatic rings. The van der Waals surface area contributed by atoms with Gasteiger partial charge in [0, 0.05) is 29.5 Å². The second-order valence-electron chi connectivity index (χ2n) is 8.33. The summed E-state index contributed by atoms with van der Waals surface area (Å²) in [5.41, 5.74) is 11.4. The van der Waals surface area contributed by atoms with Gasteiger partial charge in [-0.2, -0.15) is 4.68 Å². The summed E-state index contributed by atoms with van der Waals surface area (Å²) in [6, 6.07) is 13.5. The summed E-state index contributed by atoms with van der Waals surface area (Å²) in [5.74, 6) is 0.0906. The lowest BCUT2D eigenvalue weighted by Crippen LogP contribution is -2.45. The largest absolute Gasteiger partial charge is 0.428 e. The number of aromatic nitrogens is 5. The zero-order valence-corrected chi connectivity index (χ0v) is 18.0. The number of hydrogen-bond donors (Lipinski definition) is 3. The van der Waals surface area contributed by atoms with E-state index in [1.165, 1.54) is 9.08 Å². The number of nitrogens with two attached hydrogens (primary N) is 1. The van der Waals surface area contributed by atoms with Gasteiger partial charge in [-0.15, -0.1) is 9.38 Å². The lowest BCUT2D eigenvalue weighted by atomic mass is 9.99. The van der Waals surface area contributed by atoms with Crippen molar-refractivity contribution in [3.8, 4) is 22.4 Å². The number of rotatable bonds is 4. The Morgan fingerprint density at radius 3 is 2.53 bits per heavy atom. The van der Waals surface area contributed by atoms with Crippen molar-refractivity contribution in [2.24, 2.45) is 0 Å². The van der Waals surface area contributed by atoms with Gasteiger partial charge in [0.25, 0.3) is 0 Å². The van der Waals surface area contributed by atoms with Crippen LogP contribution in [0.25, 0.3) is 28.0 Å². The summed E-state index contributed by atoms with van der Waals surface area (Å²) >= 11 is 0. The summed E-state index contributed by atoms with van der Waals surface area (Å²) in [4.78, 5) is 22.3. The van der Waals surface area contributed by atoms with E-state index in [2.05, 4.69) is 20.4 Å². The second kappa shape index (κ2) is 7.83. The molecule has 1 aliphatic heterocycles. The Kier molecular flexibility index (Phi) is 4.97. The van der Waals surface area contributed by atoms with Gasteiger partial charge in [0.15, 0.2) is 0 Å². The van der Waals surface area contributed by atoms with Crippen LogP contribution in [0.1, 0.15) is 17.8 Å². The second-order valence-corrected chi connectivity index (χ2v) is 8.33. The molecular weight excluding hydrogens is 409 g/mol. The molecule has 4 aromatic rings. The Balaban J connectivity index is 1.78. The number of benzene rings is 1. The number of aromatic amines is 1. The third-order valence-corrected chi connectivity index (χ3v) is 5.80. The monoisotopic (exact) mass is 434 g/mol. The summed E-state index contributed by atoms with van der Waals surface area (Å²) < 4.78 is 16.5. The number of nitrogens with zero attached hydrogens (tertiary/aromatic N) is 4. The minimum absolute atomic E-state index is 0.0906. The van der Waals surface area contributed by atoms with Crippen LogP contribution in [0.4, 0.5) is 10.3 Å². The molecule has 1 fully saturated rings. The lowest BCUT2D eigenvalue weighted by molar-refractivity contribution is -0.516. The van der Waals surface area contributed by atoms with Crippen LogP contribution in [0.3, 0.4) is 0 Å². The molecule has 1 saturated heterocycles. The normalized spacial score (nSPS) is 18.5. The van der Waals surface area contributed by atoms with E-state index in [4.69, 9.17) is 5.73 Å². The molecule has 4 heterocycles. The predicted octanol–water partition coefficient (Wildman–Crippen LogP) is 1.94. The smallest absolute Gasteiger partial charge is 0.319 e. The molecule has 32 heavy (non-hydrogen) atoms. The zero-order valence-electron chi connectivity index (χ0n) is 18.0. The molecule has 0 radical (unpaired) electrons. The standard InChI is InChI=1S/C23H24FN7O/c1-13-8-16(9-14(2)27-13)19-20(15-6-4-3-5-7-15)28-22(25)31-21(19)29-30(23(31)32)12-18-10-17(24)11-26-18/h3-9,17-18,26H,10-12H2,1-2H3,(H2,25,27,28,29)/p+1/t17-,18+/m0/s1. The number of alkyl halides is 1. The maximum Gasteiger partial charge on any atom is 0.428 e. The number of pyridine rings is 1. The Morgan fingerprint density at radius 2 is 1.88 bits per heavy atom. The number of nitrogens with one attached hydrogen (secondary N) is 2. The summed E-state index contributed by atoms with van der Waals surface area (Å²) in [6.07, 6.45) is -0.534. The van der Waals surface area contributed by atoms with Gasteiger partial charge in [-0.3, -0.25) is 4.98 Å². The minimum Gasteiger partial charge on any atom is -0.319 e. The lowest BCUT2D eigenvalue weighted by Gasteiger charge is -2.10. The van der Waals surface area contributed by atoms with E-state index in [1.54, 1.807) is 0 Å². The predicted molar refractivity (Wildman–Crippen MR) is 120 cm³/mol. The van der Waals surface area contributed by atoms with Gasteiger partial charge in [-0.25, -0.2) is 14.3 Å². The highest BCUT2D eigenvalue weighted by Crippen LogP contribution is 2.33. The summed E-state index contributed by atoms with van der Waals surface area (Å²) in [5, 5.41) is 6.35. The van der Waals surface area contributed by atoms with Crippen molar-refractivity contribution in [2.45, 2.75) is 39.0 Å². The van der Waals surface area contributed by atoms with Crippen LogP contribution >= 0.6 is 0 Å². The average molecular weight is 434 g/mol. The Bertz CT molecular complexity index is 1340. The van der Waals surface area contributed by atoms with E-state index in [-0.39, 0.29) is 17.7 Å². The van der Waals surface area contributed by atoms with Crippen molar-refractivity contribution >= 4 is 11.6 Å². The number of aryl methyl sites for hydroxylation is 2. The number of fused-ring (bicyclic) bond motifs is 1. The molecule has 0 saturated carbocycles. The topological polar surface area (TPSA) is 106 Å². The Morgan fingerprint density at radius 1 is 1.16 bits per heavy atom. The molecule has 0 bridgehead atoms. The highest BCUT2D eigenvalue weighted by atomic mass is 19.1. The molecule has 1 aromatic carbocycles. The first kappa shape index (κ1) is 20.3. The van der Waals surface area contributed by atoms with Crippen molar-refractivity contribution in [2.75, 3.05) is 12.3 Å². The SMILES string of the molecule is Cc1cc(-c2c(-c3ccccc3)nc(N)[n+]3c(=O)n(C[C@H]4C[C@H](F)CN4)[nH]c23)cc(C)n1. The quantitative estimate of drug-likeness (QED) is 0.426.